The number of carbonyl (C=O) groups excluding carboxylic acids is 2. The molecule has 2 N–H and O–H groups in total. The van der Waals surface area contributed by atoms with Gasteiger partial charge < -0.3 is 20.1 Å². The van der Waals surface area contributed by atoms with Crippen molar-refractivity contribution < 1.29 is 19.1 Å². The van der Waals surface area contributed by atoms with Crippen molar-refractivity contribution in [1.29, 1.82) is 0 Å². The molecule has 34 heavy (non-hydrogen) atoms. The average molecular weight is 481 g/mol. The van der Waals surface area contributed by atoms with E-state index in [0.717, 1.165) is 5.56 Å². The predicted molar refractivity (Wildman–Crippen MR) is 126 cm³/mol. The number of urea groups is 1. The lowest BCUT2D eigenvalue weighted by Crippen LogP contribution is -2.46. The molecule has 0 aliphatic carbocycles. The lowest BCUT2D eigenvalue weighted by Gasteiger charge is -2.29. The number of thioether (sulfide) groups is 1. The predicted octanol–water partition coefficient (Wildman–Crippen LogP) is 3.02. The summed E-state index contributed by atoms with van der Waals surface area (Å²) in [4.78, 5) is 25.4. The second kappa shape index (κ2) is 10.8. The Morgan fingerprint density at radius 2 is 1.85 bits per heavy atom. The molecule has 1 aromatic heterocycles. The number of amides is 2. The summed E-state index contributed by atoms with van der Waals surface area (Å²) in [5.74, 6) is 0.382. The number of nitrogens with one attached hydrogen (secondary N) is 2. The van der Waals surface area contributed by atoms with E-state index in [2.05, 4.69) is 26.2 Å². The van der Waals surface area contributed by atoms with Gasteiger partial charge in [-0.05, 0) is 42.0 Å². The van der Waals surface area contributed by atoms with Gasteiger partial charge in [-0.15, -0.1) is 5.10 Å². The van der Waals surface area contributed by atoms with Crippen LogP contribution in [-0.4, -0.2) is 51.2 Å². The molecule has 176 valence electrons. The van der Waals surface area contributed by atoms with Crippen molar-refractivity contribution in [3.8, 4) is 11.4 Å². The van der Waals surface area contributed by atoms with E-state index in [-0.39, 0.29) is 12.4 Å². The Morgan fingerprint density at radius 3 is 2.62 bits per heavy atom. The van der Waals surface area contributed by atoms with Crippen molar-refractivity contribution >= 4 is 23.8 Å². The highest BCUT2D eigenvalue weighted by molar-refractivity contribution is 7.99. The van der Waals surface area contributed by atoms with Crippen molar-refractivity contribution in [2.24, 2.45) is 0 Å². The molecule has 0 spiro atoms. The van der Waals surface area contributed by atoms with Crippen molar-refractivity contribution in [1.82, 2.24) is 30.8 Å². The van der Waals surface area contributed by atoms with E-state index in [1.54, 1.807) is 11.6 Å². The third-order valence-electron chi connectivity index (χ3n) is 4.96. The average Bonchev–Trinajstić information content (AvgIpc) is 3.32. The highest BCUT2D eigenvalue weighted by Gasteiger charge is 2.33. The maximum Gasteiger partial charge on any atom is 0.338 e. The molecule has 1 aliphatic rings. The van der Waals surface area contributed by atoms with Crippen LogP contribution in [0.2, 0.25) is 0 Å². The first-order chi connectivity index (χ1) is 16.6. The molecule has 0 saturated carbocycles. The quantitative estimate of drug-likeness (QED) is 0.354. The minimum absolute atomic E-state index is 0.213. The number of benzene rings is 2. The number of aromatic nitrogens is 4. The van der Waals surface area contributed by atoms with E-state index in [9.17, 15) is 9.59 Å². The van der Waals surface area contributed by atoms with Gasteiger partial charge in [0.15, 0.2) is 0 Å². The minimum atomic E-state index is -0.640. The fourth-order valence-corrected chi connectivity index (χ4v) is 4.40. The molecular formula is C23H24N6O4S. The number of nitrogens with zero attached hydrogens (tertiary/aromatic N) is 4. The van der Waals surface area contributed by atoms with Gasteiger partial charge in [0.2, 0.25) is 5.16 Å². The number of tetrazole rings is 1. The van der Waals surface area contributed by atoms with Crippen LogP contribution in [0, 0.1) is 0 Å². The Balaban J connectivity index is 1.67. The standard InChI is InChI=1S/C23H24N6O4S/c1-3-32-18-13-9-8-12-17(18)29-23(26-27-28-29)34-14-16-19(21(30)33-4-2)20(25-22(31)24-16)15-10-6-5-7-11-15/h5-13,20H,3-4,14H2,1-2H3,(H2,24,25,31). The summed E-state index contributed by atoms with van der Waals surface area (Å²) >= 11 is 1.28. The maximum atomic E-state index is 12.9. The van der Waals surface area contributed by atoms with Gasteiger partial charge in [-0.3, -0.25) is 0 Å². The third kappa shape index (κ3) is 5.04. The summed E-state index contributed by atoms with van der Waals surface area (Å²) < 4.78 is 12.6. The molecule has 10 nitrogen and oxygen atoms in total. The van der Waals surface area contributed by atoms with E-state index in [4.69, 9.17) is 9.47 Å². The fourth-order valence-electron chi connectivity index (χ4n) is 3.54. The van der Waals surface area contributed by atoms with E-state index in [1.807, 2.05) is 61.5 Å². The SMILES string of the molecule is CCOC(=O)C1=C(CSc2nnnn2-c2ccccc2OCC)NC(=O)NC1c1ccccc1. The van der Waals surface area contributed by atoms with Gasteiger partial charge in [-0.2, -0.15) is 4.68 Å². The fraction of sp³-hybridized carbons (Fsp3) is 0.261. The van der Waals surface area contributed by atoms with Crippen molar-refractivity contribution in [2.45, 2.75) is 25.0 Å². The normalized spacial score (nSPS) is 15.5. The van der Waals surface area contributed by atoms with Gasteiger partial charge in [0, 0.05) is 11.4 Å². The number of carbonyl (C=O) groups is 2. The summed E-state index contributed by atoms with van der Waals surface area (Å²) in [6.45, 7) is 4.35. The molecule has 0 bridgehead atoms. The van der Waals surface area contributed by atoms with E-state index < -0.39 is 18.0 Å². The Bertz CT molecular complexity index is 1200. The first-order valence-corrected chi connectivity index (χ1v) is 11.8. The molecule has 2 heterocycles. The van der Waals surface area contributed by atoms with E-state index in [1.165, 1.54) is 11.8 Å². The van der Waals surface area contributed by atoms with Crippen LogP contribution in [-0.2, 0) is 9.53 Å². The van der Waals surface area contributed by atoms with Gasteiger partial charge in [0.25, 0.3) is 0 Å². The smallest absolute Gasteiger partial charge is 0.338 e. The Morgan fingerprint density at radius 1 is 1.09 bits per heavy atom. The summed E-state index contributed by atoms with van der Waals surface area (Å²) in [5.41, 5.74) is 2.24. The number of esters is 1. The summed E-state index contributed by atoms with van der Waals surface area (Å²) in [6.07, 6.45) is 0. The Labute approximate surface area is 200 Å². The zero-order valence-electron chi connectivity index (χ0n) is 18.7. The molecule has 11 heteroatoms. The van der Waals surface area contributed by atoms with Gasteiger partial charge in [0.05, 0.1) is 24.8 Å². The molecule has 1 aliphatic heterocycles. The van der Waals surface area contributed by atoms with Crippen molar-refractivity contribution in [3.05, 3.63) is 71.4 Å². The number of ether oxygens (including phenoxy) is 2. The Kier molecular flexibility index (Phi) is 7.43. The number of rotatable bonds is 9. The maximum absolute atomic E-state index is 12.9. The molecule has 3 aromatic rings. The first-order valence-electron chi connectivity index (χ1n) is 10.8. The highest BCUT2D eigenvalue weighted by Crippen LogP contribution is 2.31. The lowest BCUT2D eigenvalue weighted by atomic mass is 9.95. The second-order valence-electron chi connectivity index (χ2n) is 7.12. The molecule has 0 fully saturated rings. The van der Waals surface area contributed by atoms with Crippen LogP contribution in [0.4, 0.5) is 4.79 Å². The lowest BCUT2D eigenvalue weighted by molar-refractivity contribution is -0.139. The van der Waals surface area contributed by atoms with Crippen LogP contribution in [0.25, 0.3) is 5.69 Å². The van der Waals surface area contributed by atoms with Crippen LogP contribution >= 0.6 is 11.8 Å². The summed E-state index contributed by atoms with van der Waals surface area (Å²) in [5, 5.41) is 18.1. The second-order valence-corrected chi connectivity index (χ2v) is 8.06. The van der Waals surface area contributed by atoms with Gasteiger partial charge >= 0.3 is 12.0 Å². The molecule has 4 rings (SSSR count). The van der Waals surface area contributed by atoms with Crippen LogP contribution in [0.3, 0.4) is 0 Å². The number of hydrogen-bond acceptors (Lipinski definition) is 8. The molecule has 2 aromatic carbocycles. The largest absolute Gasteiger partial charge is 0.492 e. The Hall–Kier alpha value is -3.86. The van der Waals surface area contributed by atoms with E-state index in [0.29, 0.717) is 34.5 Å². The third-order valence-corrected chi connectivity index (χ3v) is 5.91. The topological polar surface area (TPSA) is 120 Å². The van der Waals surface area contributed by atoms with Gasteiger partial charge in [-0.25, -0.2) is 9.59 Å². The monoisotopic (exact) mass is 480 g/mol. The zero-order chi connectivity index (χ0) is 23.9. The number of para-hydroxylation sites is 2. The number of hydrogen-bond donors (Lipinski definition) is 2. The molecule has 2 amide bonds. The highest BCUT2D eigenvalue weighted by atomic mass is 32.2. The van der Waals surface area contributed by atoms with Crippen LogP contribution in [0.15, 0.2) is 71.0 Å². The van der Waals surface area contributed by atoms with Crippen LogP contribution in [0.1, 0.15) is 25.5 Å². The molecule has 0 radical (unpaired) electrons. The van der Waals surface area contributed by atoms with Gasteiger partial charge in [-0.1, -0.05) is 54.2 Å². The van der Waals surface area contributed by atoms with Crippen LogP contribution < -0.4 is 15.4 Å². The summed E-state index contributed by atoms with van der Waals surface area (Å²) in [6, 6.07) is 15.7. The molecule has 0 saturated heterocycles. The van der Waals surface area contributed by atoms with Crippen LogP contribution in [0.5, 0.6) is 5.75 Å². The molecule has 1 unspecified atom stereocenters. The van der Waals surface area contributed by atoms with Crippen molar-refractivity contribution in [3.63, 3.8) is 0 Å². The van der Waals surface area contributed by atoms with Gasteiger partial charge in [0.1, 0.15) is 11.4 Å². The zero-order valence-corrected chi connectivity index (χ0v) is 19.5. The molecule has 1 atom stereocenters. The molecular weight excluding hydrogens is 456 g/mol. The van der Waals surface area contributed by atoms with Crippen molar-refractivity contribution in [2.75, 3.05) is 19.0 Å². The first kappa shape index (κ1) is 23.3. The minimum Gasteiger partial charge on any atom is -0.492 e. The van der Waals surface area contributed by atoms with E-state index >= 15 is 0 Å². The summed E-state index contributed by atoms with van der Waals surface area (Å²) in [7, 11) is 0.